The molecule has 7 nitrogen and oxygen atoms in total. The number of Topliss-reactive ketones (excluding diaryl/α,β-unsaturated/α-hetero) is 1. The smallest absolute Gasteiger partial charge is 0.409 e. The van der Waals surface area contributed by atoms with Crippen LogP contribution < -0.4 is 0 Å². The molecular weight excluding hydrogens is 542 g/mol. The second-order valence-electron chi connectivity index (χ2n) is 15.5. The van der Waals surface area contributed by atoms with Crippen molar-refractivity contribution in [2.75, 3.05) is 33.4 Å². The van der Waals surface area contributed by atoms with Gasteiger partial charge in [-0.25, -0.2) is 4.79 Å². The summed E-state index contributed by atoms with van der Waals surface area (Å²) in [5, 5.41) is 23.6. The molecule has 240 valence electrons. The van der Waals surface area contributed by atoms with Crippen LogP contribution in [-0.2, 0) is 14.3 Å². The third kappa shape index (κ3) is 4.52. The number of aliphatic hydroxyl groups excluding tert-OH is 1. The summed E-state index contributed by atoms with van der Waals surface area (Å²) in [4.78, 5) is 29.5. The van der Waals surface area contributed by atoms with E-state index < -0.39 is 16.4 Å². The van der Waals surface area contributed by atoms with E-state index in [9.17, 15) is 19.8 Å². The van der Waals surface area contributed by atoms with Gasteiger partial charge in [-0.15, -0.1) is 0 Å². The summed E-state index contributed by atoms with van der Waals surface area (Å²) in [7, 11) is 1.66. The number of methoxy groups -OCH3 is 1. The van der Waals surface area contributed by atoms with E-state index in [0.717, 1.165) is 63.4 Å². The molecule has 7 heteroatoms. The van der Waals surface area contributed by atoms with E-state index in [1.54, 1.807) is 12.0 Å². The van der Waals surface area contributed by atoms with Gasteiger partial charge in [0.2, 0.25) is 0 Å². The van der Waals surface area contributed by atoms with Crippen LogP contribution in [0.3, 0.4) is 0 Å². The molecule has 1 amide bonds. The minimum absolute atomic E-state index is 0.0313. The second kappa shape index (κ2) is 11.3. The number of aliphatic hydroxyl groups is 2. The van der Waals surface area contributed by atoms with E-state index >= 15 is 0 Å². The highest BCUT2D eigenvalue weighted by Gasteiger charge is 2.74. The number of allylic oxidation sites excluding steroid dienone is 4. The van der Waals surface area contributed by atoms with Crippen LogP contribution in [0.2, 0.25) is 0 Å². The van der Waals surface area contributed by atoms with Crippen molar-refractivity contribution in [2.45, 2.75) is 116 Å². The van der Waals surface area contributed by atoms with Crippen molar-refractivity contribution >= 4 is 11.9 Å². The van der Waals surface area contributed by atoms with Gasteiger partial charge in [0, 0.05) is 48.0 Å². The van der Waals surface area contributed by atoms with Gasteiger partial charge in [0.05, 0.1) is 24.9 Å². The van der Waals surface area contributed by atoms with E-state index in [0.29, 0.717) is 50.7 Å². The first-order valence-corrected chi connectivity index (χ1v) is 17.3. The van der Waals surface area contributed by atoms with Crippen molar-refractivity contribution in [3.8, 4) is 0 Å². The van der Waals surface area contributed by atoms with E-state index in [-0.39, 0.29) is 41.4 Å². The van der Waals surface area contributed by atoms with Crippen LogP contribution in [0, 0.1) is 39.4 Å². The third-order valence-corrected chi connectivity index (χ3v) is 13.7. The van der Waals surface area contributed by atoms with Crippen LogP contribution in [0.4, 0.5) is 4.79 Å². The molecule has 0 aromatic carbocycles. The Hall–Kier alpha value is -1.70. The van der Waals surface area contributed by atoms with Crippen LogP contribution >= 0.6 is 0 Å². The fourth-order valence-electron chi connectivity index (χ4n) is 11.4. The summed E-state index contributed by atoms with van der Waals surface area (Å²) >= 11 is 0. The number of ketones is 1. The Bertz CT molecular complexity index is 1160. The average molecular weight is 598 g/mol. The predicted octanol–water partition coefficient (Wildman–Crippen LogP) is 6.22. The highest BCUT2D eigenvalue weighted by atomic mass is 16.6. The lowest BCUT2D eigenvalue weighted by Gasteiger charge is -2.71. The highest BCUT2D eigenvalue weighted by molar-refractivity contribution is 6.00. The standard InChI is InChI=1S/C36H55NO6/c1-5-43-31(40)37(20-9-21-42-4)24-35(41)17-14-29-33(35,3)16-13-28-32(2)15-12-26(38)22-34(32)18-19-36(28,29)27(23-34)30(39)25-10-7-6-8-11-25/h18-19,23,25-26,28-29,38,41H,5-17,20-22,24H2,1-4H3/t26?,28-,29-,32-,33+,34+,35-,36-/m1/s1. The number of nitrogens with zero attached hydrogens (tertiary/aromatic N) is 1. The Morgan fingerprint density at radius 2 is 1.67 bits per heavy atom. The summed E-state index contributed by atoms with van der Waals surface area (Å²) in [6.45, 7) is 8.02. The molecule has 2 bridgehead atoms. The number of rotatable bonds is 9. The zero-order valence-corrected chi connectivity index (χ0v) is 27.0. The van der Waals surface area contributed by atoms with Gasteiger partial charge in [-0.3, -0.25) is 4.79 Å². The van der Waals surface area contributed by atoms with Crippen LogP contribution in [0.25, 0.3) is 0 Å². The van der Waals surface area contributed by atoms with Gasteiger partial charge in [0.25, 0.3) is 0 Å². The van der Waals surface area contributed by atoms with Gasteiger partial charge in [-0.2, -0.15) is 0 Å². The molecule has 2 N–H and O–H groups in total. The summed E-state index contributed by atoms with van der Waals surface area (Å²) in [5.74, 6) is 0.813. The van der Waals surface area contributed by atoms with Gasteiger partial charge >= 0.3 is 6.09 Å². The lowest BCUT2D eigenvalue weighted by molar-refractivity contribution is -0.178. The topological polar surface area (TPSA) is 96.3 Å². The van der Waals surface area contributed by atoms with E-state index in [1.165, 1.54) is 6.42 Å². The van der Waals surface area contributed by atoms with Crippen molar-refractivity contribution in [1.82, 2.24) is 4.90 Å². The molecule has 0 radical (unpaired) electrons. The fraction of sp³-hybridized carbons (Fsp3) is 0.833. The lowest BCUT2D eigenvalue weighted by Crippen LogP contribution is -2.67. The second-order valence-corrected chi connectivity index (χ2v) is 15.5. The SMILES string of the molecule is CCOC(=O)N(CCCOC)C[C@]1(O)CC[C@H]2[C@]34C=C[C@@]5(C=C3C(=O)C3CCCCC3)CC(O)CC[C@]5(C)[C@H]4CC[C@@]21C. The molecular formula is C36H55NO6. The predicted molar refractivity (Wildman–Crippen MR) is 165 cm³/mol. The molecule has 43 heavy (non-hydrogen) atoms. The number of ether oxygens (including phenoxy) is 2. The number of carbonyl (C=O) groups is 2. The molecule has 7 rings (SSSR count). The number of hydrogen-bond acceptors (Lipinski definition) is 6. The zero-order chi connectivity index (χ0) is 30.7. The Morgan fingerprint density at radius 3 is 2.40 bits per heavy atom. The number of carbonyl (C=O) groups excluding carboxylic acids is 2. The summed E-state index contributed by atoms with van der Waals surface area (Å²) in [6, 6.07) is 0. The molecule has 4 saturated carbocycles. The monoisotopic (exact) mass is 597 g/mol. The molecule has 0 saturated heterocycles. The molecule has 0 heterocycles. The fourth-order valence-corrected chi connectivity index (χ4v) is 11.4. The normalized spacial score (nSPS) is 43.4. The maximum atomic E-state index is 14.7. The maximum Gasteiger partial charge on any atom is 0.409 e. The average Bonchev–Trinajstić information content (AvgIpc) is 3.27. The van der Waals surface area contributed by atoms with E-state index in [4.69, 9.17) is 9.47 Å². The van der Waals surface area contributed by atoms with Crippen molar-refractivity contribution in [2.24, 2.45) is 39.4 Å². The lowest BCUT2D eigenvalue weighted by atomic mass is 9.32. The first-order valence-electron chi connectivity index (χ1n) is 17.3. The van der Waals surface area contributed by atoms with Crippen LogP contribution in [0.1, 0.15) is 104 Å². The number of hydrogen-bond donors (Lipinski definition) is 2. The first kappa shape index (κ1) is 31.3. The molecule has 2 spiro atoms. The van der Waals surface area contributed by atoms with Crippen molar-refractivity contribution in [3.05, 3.63) is 23.8 Å². The molecule has 7 aliphatic carbocycles. The van der Waals surface area contributed by atoms with Gasteiger partial charge in [-0.1, -0.05) is 51.3 Å². The molecule has 0 aliphatic heterocycles. The quantitative estimate of drug-likeness (QED) is 0.242. The van der Waals surface area contributed by atoms with Gasteiger partial charge in [-0.05, 0) is 88.4 Å². The largest absolute Gasteiger partial charge is 0.450 e. The number of amides is 1. The zero-order valence-electron chi connectivity index (χ0n) is 27.0. The van der Waals surface area contributed by atoms with Crippen molar-refractivity contribution < 1.29 is 29.3 Å². The summed E-state index contributed by atoms with van der Waals surface area (Å²) in [6.07, 6.45) is 18.1. The van der Waals surface area contributed by atoms with Gasteiger partial charge in [0.1, 0.15) is 0 Å². The minimum Gasteiger partial charge on any atom is -0.450 e. The first-order chi connectivity index (χ1) is 20.5. The van der Waals surface area contributed by atoms with Crippen LogP contribution in [0.5, 0.6) is 0 Å². The highest BCUT2D eigenvalue weighted by Crippen LogP contribution is 2.78. The van der Waals surface area contributed by atoms with Crippen molar-refractivity contribution in [3.63, 3.8) is 0 Å². The summed E-state index contributed by atoms with van der Waals surface area (Å²) < 4.78 is 10.7. The molecule has 1 unspecified atom stereocenters. The Morgan fingerprint density at radius 1 is 0.977 bits per heavy atom. The minimum atomic E-state index is -1.08. The molecule has 0 aromatic heterocycles. The van der Waals surface area contributed by atoms with Crippen LogP contribution in [-0.4, -0.2) is 72.1 Å². The Kier molecular flexibility index (Phi) is 8.20. The molecule has 4 fully saturated rings. The Balaban J connectivity index is 1.40. The van der Waals surface area contributed by atoms with E-state index in [1.807, 2.05) is 6.92 Å². The number of fused-ring (bicyclic) bond motifs is 1. The molecule has 8 atom stereocenters. The van der Waals surface area contributed by atoms with Crippen LogP contribution in [0.15, 0.2) is 23.8 Å². The summed E-state index contributed by atoms with van der Waals surface area (Å²) in [5.41, 5.74) is -1.29. The van der Waals surface area contributed by atoms with Gasteiger partial charge < -0.3 is 24.6 Å². The molecule has 0 aromatic rings. The van der Waals surface area contributed by atoms with Gasteiger partial charge in [0.15, 0.2) is 5.78 Å². The molecule has 7 aliphatic rings. The van der Waals surface area contributed by atoms with E-state index in [2.05, 4.69) is 32.1 Å². The maximum absolute atomic E-state index is 14.7. The van der Waals surface area contributed by atoms with Crippen molar-refractivity contribution in [1.29, 1.82) is 0 Å². The third-order valence-electron chi connectivity index (χ3n) is 13.7. The Labute approximate surface area is 258 Å².